The molecular formula is C11H15N5S. The number of hydrogen-bond acceptors (Lipinski definition) is 6. The number of nitrogen functional groups attached to an aromatic ring is 1. The van der Waals surface area contributed by atoms with Gasteiger partial charge in [-0.25, -0.2) is 15.0 Å². The summed E-state index contributed by atoms with van der Waals surface area (Å²) >= 11 is 1.60. The summed E-state index contributed by atoms with van der Waals surface area (Å²) in [7, 11) is 2.02. The van der Waals surface area contributed by atoms with Crippen molar-refractivity contribution < 1.29 is 0 Å². The Morgan fingerprint density at radius 2 is 2.18 bits per heavy atom. The number of nitrogens with zero attached hydrogens (tertiary/aromatic N) is 4. The van der Waals surface area contributed by atoms with Crippen molar-refractivity contribution in [3.63, 3.8) is 0 Å². The van der Waals surface area contributed by atoms with E-state index in [0.717, 1.165) is 23.8 Å². The fraction of sp³-hybridized carbons (Fsp3) is 0.364. The average molecular weight is 249 g/mol. The predicted molar refractivity (Wildman–Crippen MR) is 68.5 cm³/mol. The van der Waals surface area contributed by atoms with E-state index in [9.17, 15) is 0 Å². The van der Waals surface area contributed by atoms with Crippen molar-refractivity contribution >= 4 is 17.2 Å². The second kappa shape index (κ2) is 5.20. The molecule has 0 fully saturated rings. The Bertz CT molecular complexity index is 462. The summed E-state index contributed by atoms with van der Waals surface area (Å²) < 4.78 is 0. The van der Waals surface area contributed by atoms with Crippen molar-refractivity contribution in [3.8, 4) is 0 Å². The van der Waals surface area contributed by atoms with Gasteiger partial charge in [-0.3, -0.25) is 4.90 Å². The van der Waals surface area contributed by atoms with Gasteiger partial charge < -0.3 is 5.73 Å². The van der Waals surface area contributed by atoms with E-state index in [0.29, 0.717) is 12.4 Å². The van der Waals surface area contributed by atoms with Gasteiger partial charge in [0.15, 0.2) is 0 Å². The number of anilines is 1. The van der Waals surface area contributed by atoms with Crippen molar-refractivity contribution in [2.45, 2.75) is 20.0 Å². The van der Waals surface area contributed by atoms with Crippen molar-refractivity contribution in [1.29, 1.82) is 0 Å². The molecule has 0 saturated heterocycles. The molecule has 2 aromatic rings. The minimum absolute atomic E-state index is 0.523. The van der Waals surface area contributed by atoms with Gasteiger partial charge in [-0.15, -0.1) is 11.3 Å². The van der Waals surface area contributed by atoms with E-state index in [-0.39, 0.29) is 0 Å². The van der Waals surface area contributed by atoms with E-state index in [1.54, 1.807) is 17.4 Å². The van der Waals surface area contributed by atoms with Gasteiger partial charge in [-0.2, -0.15) is 0 Å². The number of nitrogens with two attached hydrogens (primary N) is 1. The molecule has 2 aromatic heterocycles. The van der Waals surface area contributed by atoms with Crippen molar-refractivity contribution in [3.05, 3.63) is 34.2 Å². The molecule has 2 rings (SSSR count). The van der Waals surface area contributed by atoms with Crippen LogP contribution in [0, 0.1) is 6.92 Å². The van der Waals surface area contributed by atoms with E-state index in [1.807, 2.05) is 24.9 Å². The van der Waals surface area contributed by atoms with Crippen LogP contribution in [-0.4, -0.2) is 26.9 Å². The summed E-state index contributed by atoms with van der Waals surface area (Å²) in [5.74, 6) is 1.27. The third kappa shape index (κ3) is 3.47. The highest BCUT2D eigenvalue weighted by molar-refractivity contribution is 7.07. The molecule has 0 aliphatic carbocycles. The third-order valence-corrected chi connectivity index (χ3v) is 2.88. The van der Waals surface area contributed by atoms with E-state index in [2.05, 4.69) is 19.9 Å². The molecule has 5 nitrogen and oxygen atoms in total. The molecule has 2 N–H and O–H groups in total. The van der Waals surface area contributed by atoms with E-state index in [1.165, 1.54) is 0 Å². The van der Waals surface area contributed by atoms with E-state index >= 15 is 0 Å². The molecule has 6 heteroatoms. The molecule has 0 atom stereocenters. The quantitative estimate of drug-likeness (QED) is 0.888. The molecule has 90 valence electrons. The second-order valence-corrected chi connectivity index (χ2v) is 4.72. The molecule has 0 aromatic carbocycles. The molecule has 0 aliphatic heterocycles. The van der Waals surface area contributed by atoms with Crippen LogP contribution < -0.4 is 5.73 Å². The molecule has 0 radical (unpaired) electrons. The summed E-state index contributed by atoms with van der Waals surface area (Å²) in [6, 6.07) is 1.77. The topological polar surface area (TPSA) is 67.9 Å². The monoisotopic (exact) mass is 249 g/mol. The van der Waals surface area contributed by atoms with E-state index < -0.39 is 0 Å². The Morgan fingerprint density at radius 3 is 2.82 bits per heavy atom. The van der Waals surface area contributed by atoms with Crippen LogP contribution in [0.5, 0.6) is 0 Å². The first kappa shape index (κ1) is 11.9. The highest BCUT2D eigenvalue weighted by atomic mass is 32.1. The van der Waals surface area contributed by atoms with Crippen LogP contribution in [0.15, 0.2) is 17.0 Å². The van der Waals surface area contributed by atoms with Gasteiger partial charge >= 0.3 is 0 Å². The molecular weight excluding hydrogens is 234 g/mol. The molecule has 0 unspecified atom stereocenters. The molecule has 0 spiro atoms. The van der Waals surface area contributed by atoms with Crippen molar-refractivity contribution in [2.75, 3.05) is 12.8 Å². The fourth-order valence-electron chi connectivity index (χ4n) is 1.62. The van der Waals surface area contributed by atoms with Gasteiger partial charge in [0.25, 0.3) is 0 Å². The normalized spacial score (nSPS) is 11.0. The lowest BCUT2D eigenvalue weighted by Gasteiger charge is -2.14. The first-order chi connectivity index (χ1) is 8.13. The summed E-state index contributed by atoms with van der Waals surface area (Å²) in [5.41, 5.74) is 9.49. The minimum Gasteiger partial charge on any atom is -0.384 e. The zero-order chi connectivity index (χ0) is 12.3. The van der Waals surface area contributed by atoms with Crippen LogP contribution in [0.3, 0.4) is 0 Å². The highest BCUT2D eigenvalue weighted by Crippen LogP contribution is 2.08. The predicted octanol–water partition coefficient (Wildman–Crippen LogP) is 1.46. The van der Waals surface area contributed by atoms with Gasteiger partial charge in [0.2, 0.25) is 0 Å². The molecule has 2 heterocycles. The Morgan fingerprint density at radius 1 is 1.35 bits per heavy atom. The maximum Gasteiger partial charge on any atom is 0.144 e. The molecule has 0 aliphatic rings. The number of aromatic nitrogens is 3. The van der Waals surface area contributed by atoms with Crippen molar-refractivity contribution in [1.82, 2.24) is 19.9 Å². The fourth-order valence-corrected chi connectivity index (χ4v) is 2.17. The zero-order valence-electron chi connectivity index (χ0n) is 9.92. The van der Waals surface area contributed by atoms with Crippen LogP contribution in [0.25, 0.3) is 0 Å². The number of thiazole rings is 1. The lowest BCUT2D eigenvalue weighted by Crippen LogP contribution is -2.19. The van der Waals surface area contributed by atoms with Crippen LogP contribution in [0.1, 0.15) is 17.2 Å². The lowest BCUT2D eigenvalue weighted by molar-refractivity contribution is 0.307. The second-order valence-electron chi connectivity index (χ2n) is 4.00. The van der Waals surface area contributed by atoms with Gasteiger partial charge in [0.1, 0.15) is 11.6 Å². The Balaban J connectivity index is 2.00. The SMILES string of the molecule is Cc1cc(N)nc(CN(C)Cc2cscn2)n1. The maximum absolute atomic E-state index is 5.69. The van der Waals surface area contributed by atoms with Gasteiger partial charge in [0.05, 0.1) is 17.7 Å². The average Bonchev–Trinajstić information content (AvgIpc) is 2.67. The van der Waals surface area contributed by atoms with Crippen molar-refractivity contribution in [2.24, 2.45) is 0 Å². The zero-order valence-corrected chi connectivity index (χ0v) is 10.7. The Kier molecular flexibility index (Phi) is 3.65. The summed E-state index contributed by atoms with van der Waals surface area (Å²) in [6.07, 6.45) is 0. The van der Waals surface area contributed by atoms with Crippen LogP contribution in [-0.2, 0) is 13.1 Å². The largest absolute Gasteiger partial charge is 0.384 e. The first-order valence-electron chi connectivity index (χ1n) is 5.29. The number of hydrogen-bond donors (Lipinski definition) is 1. The number of aryl methyl sites for hydroxylation is 1. The smallest absolute Gasteiger partial charge is 0.144 e. The Labute approximate surface area is 104 Å². The number of rotatable bonds is 4. The Hall–Kier alpha value is -1.53. The summed E-state index contributed by atoms with van der Waals surface area (Å²) in [6.45, 7) is 3.38. The molecule has 17 heavy (non-hydrogen) atoms. The third-order valence-electron chi connectivity index (χ3n) is 2.25. The summed E-state index contributed by atoms with van der Waals surface area (Å²) in [4.78, 5) is 14.9. The van der Waals surface area contributed by atoms with Gasteiger partial charge in [0, 0.05) is 23.7 Å². The van der Waals surface area contributed by atoms with E-state index in [4.69, 9.17) is 5.73 Å². The minimum atomic E-state index is 0.523. The molecule has 0 amide bonds. The van der Waals surface area contributed by atoms with Gasteiger partial charge in [-0.1, -0.05) is 0 Å². The standard InChI is InChI=1S/C11H15N5S/c1-8-3-10(12)15-11(14-8)5-16(2)4-9-6-17-7-13-9/h3,6-7H,4-5H2,1-2H3,(H2,12,14,15). The maximum atomic E-state index is 5.69. The highest BCUT2D eigenvalue weighted by Gasteiger charge is 2.06. The van der Waals surface area contributed by atoms with Crippen LogP contribution >= 0.6 is 11.3 Å². The summed E-state index contributed by atoms with van der Waals surface area (Å²) in [5, 5.41) is 2.04. The molecule has 0 saturated carbocycles. The van der Waals surface area contributed by atoms with Gasteiger partial charge in [-0.05, 0) is 14.0 Å². The van der Waals surface area contributed by atoms with Crippen LogP contribution in [0.4, 0.5) is 5.82 Å². The first-order valence-corrected chi connectivity index (χ1v) is 6.23. The lowest BCUT2D eigenvalue weighted by atomic mass is 10.4. The molecule has 0 bridgehead atoms. The van der Waals surface area contributed by atoms with Crippen LogP contribution in [0.2, 0.25) is 0 Å².